The molecule has 10 heteroatoms. The first-order chi connectivity index (χ1) is 13.3. The lowest BCUT2D eigenvalue weighted by molar-refractivity contribution is -0.131. The first kappa shape index (κ1) is 20.4. The maximum absolute atomic E-state index is 12.4. The molecule has 0 fully saturated rings. The maximum atomic E-state index is 12.4. The zero-order chi connectivity index (χ0) is 20.3. The summed E-state index contributed by atoms with van der Waals surface area (Å²) in [5.41, 5.74) is 2.26. The number of benzene rings is 1. The molecule has 2 amide bonds. The minimum Gasteiger partial charge on any atom is -0.336 e. The molecule has 146 valence electrons. The van der Waals surface area contributed by atoms with Gasteiger partial charge in [0.05, 0.1) is 22.3 Å². The number of hydrogen-bond donors (Lipinski definition) is 1. The van der Waals surface area contributed by atoms with Crippen molar-refractivity contribution in [2.45, 2.75) is 12.1 Å². The van der Waals surface area contributed by atoms with Crippen molar-refractivity contribution in [3.8, 4) is 0 Å². The highest BCUT2D eigenvalue weighted by Crippen LogP contribution is 2.25. The standard InChI is InChI=1S/C18H17Cl2N5O2S/c1-11-3-5-13(6-4-11)21-15(26)9-24(2)16(27)10-28-18-23-22-17-14(20)7-12(19)8-25(17)18/h3-8H,9-10H2,1-2H3,(H,21,26). The van der Waals surface area contributed by atoms with E-state index < -0.39 is 0 Å². The van der Waals surface area contributed by atoms with Gasteiger partial charge in [0.2, 0.25) is 11.8 Å². The molecule has 3 aromatic rings. The van der Waals surface area contributed by atoms with E-state index in [1.54, 1.807) is 23.7 Å². The summed E-state index contributed by atoms with van der Waals surface area (Å²) in [6, 6.07) is 9.02. The Labute approximate surface area is 176 Å². The van der Waals surface area contributed by atoms with Crippen LogP contribution in [0.4, 0.5) is 5.69 Å². The monoisotopic (exact) mass is 437 g/mol. The van der Waals surface area contributed by atoms with Crippen LogP contribution in [0.25, 0.3) is 5.65 Å². The van der Waals surface area contributed by atoms with Gasteiger partial charge in [0, 0.05) is 18.9 Å². The number of thioether (sulfide) groups is 1. The summed E-state index contributed by atoms with van der Waals surface area (Å²) < 4.78 is 1.63. The Bertz CT molecular complexity index is 1020. The van der Waals surface area contributed by atoms with Crippen LogP contribution in [0, 0.1) is 6.92 Å². The van der Waals surface area contributed by atoms with Crippen molar-refractivity contribution < 1.29 is 9.59 Å². The van der Waals surface area contributed by atoms with Crippen molar-refractivity contribution >= 4 is 58.1 Å². The van der Waals surface area contributed by atoms with Gasteiger partial charge in [0.25, 0.3) is 0 Å². The maximum Gasteiger partial charge on any atom is 0.243 e. The van der Waals surface area contributed by atoms with Crippen molar-refractivity contribution in [2.75, 3.05) is 24.7 Å². The lowest BCUT2D eigenvalue weighted by Crippen LogP contribution is -2.36. The van der Waals surface area contributed by atoms with Gasteiger partial charge in [-0.2, -0.15) is 0 Å². The Balaban J connectivity index is 1.56. The molecule has 0 saturated heterocycles. The molecule has 0 aliphatic heterocycles. The van der Waals surface area contributed by atoms with E-state index in [2.05, 4.69) is 15.5 Å². The second kappa shape index (κ2) is 8.81. The molecule has 0 aliphatic rings. The minimum atomic E-state index is -0.267. The molecule has 28 heavy (non-hydrogen) atoms. The topological polar surface area (TPSA) is 79.6 Å². The molecule has 0 aliphatic carbocycles. The summed E-state index contributed by atoms with van der Waals surface area (Å²) >= 11 is 13.3. The average Bonchev–Trinajstić information content (AvgIpc) is 3.04. The summed E-state index contributed by atoms with van der Waals surface area (Å²) in [6.07, 6.45) is 1.63. The number of aryl methyl sites for hydroxylation is 1. The Kier molecular flexibility index (Phi) is 6.43. The van der Waals surface area contributed by atoms with Gasteiger partial charge < -0.3 is 10.2 Å². The van der Waals surface area contributed by atoms with Crippen molar-refractivity contribution in [3.63, 3.8) is 0 Å². The lowest BCUT2D eigenvalue weighted by atomic mass is 10.2. The quantitative estimate of drug-likeness (QED) is 0.596. The summed E-state index contributed by atoms with van der Waals surface area (Å²) in [6.45, 7) is 1.92. The molecule has 0 atom stereocenters. The number of carbonyl (C=O) groups is 2. The normalized spacial score (nSPS) is 10.9. The average molecular weight is 438 g/mol. The van der Waals surface area contributed by atoms with E-state index in [4.69, 9.17) is 23.2 Å². The molecule has 1 N–H and O–H groups in total. The number of pyridine rings is 1. The van der Waals surface area contributed by atoms with Crippen molar-refractivity contribution in [1.29, 1.82) is 0 Å². The van der Waals surface area contributed by atoms with Crippen LogP contribution in [0.15, 0.2) is 41.7 Å². The van der Waals surface area contributed by atoms with E-state index in [1.807, 2.05) is 31.2 Å². The largest absolute Gasteiger partial charge is 0.336 e. The molecule has 1 aromatic carbocycles. The number of anilines is 1. The number of carbonyl (C=O) groups excluding carboxylic acids is 2. The number of fused-ring (bicyclic) bond motifs is 1. The van der Waals surface area contributed by atoms with E-state index >= 15 is 0 Å². The first-order valence-corrected chi connectivity index (χ1v) is 10.0. The van der Waals surface area contributed by atoms with Crippen LogP contribution in [-0.2, 0) is 9.59 Å². The van der Waals surface area contributed by atoms with Crippen molar-refractivity contribution in [3.05, 3.63) is 52.1 Å². The van der Waals surface area contributed by atoms with Gasteiger partial charge in [-0.25, -0.2) is 0 Å². The molecule has 0 bridgehead atoms. The van der Waals surface area contributed by atoms with Crippen LogP contribution in [0.1, 0.15) is 5.56 Å². The number of amides is 2. The number of rotatable bonds is 6. The summed E-state index contributed by atoms with van der Waals surface area (Å²) in [4.78, 5) is 25.8. The molecule has 0 spiro atoms. The highest BCUT2D eigenvalue weighted by Gasteiger charge is 2.16. The highest BCUT2D eigenvalue weighted by molar-refractivity contribution is 7.99. The summed E-state index contributed by atoms with van der Waals surface area (Å²) in [7, 11) is 1.58. The van der Waals surface area contributed by atoms with Crippen LogP contribution in [0.3, 0.4) is 0 Å². The predicted octanol–water partition coefficient (Wildman–Crippen LogP) is 3.53. The fraction of sp³-hybridized carbons (Fsp3) is 0.222. The Morgan fingerprint density at radius 1 is 1.21 bits per heavy atom. The van der Waals surface area contributed by atoms with Gasteiger partial charge in [-0.15, -0.1) is 10.2 Å². The predicted molar refractivity (Wildman–Crippen MR) is 111 cm³/mol. The third kappa shape index (κ3) is 4.95. The van der Waals surface area contributed by atoms with Gasteiger partial charge in [-0.3, -0.25) is 14.0 Å². The SMILES string of the molecule is Cc1ccc(NC(=O)CN(C)C(=O)CSc2nnc3c(Cl)cc(Cl)cn23)cc1. The molecule has 0 radical (unpaired) electrons. The van der Waals surface area contributed by atoms with Crippen LogP contribution in [-0.4, -0.2) is 50.7 Å². The number of hydrogen-bond acceptors (Lipinski definition) is 5. The molecule has 3 rings (SSSR count). The van der Waals surface area contributed by atoms with Crippen LogP contribution >= 0.6 is 35.0 Å². The third-order valence-electron chi connectivity index (χ3n) is 3.86. The van der Waals surface area contributed by atoms with Gasteiger partial charge >= 0.3 is 0 Å². The highest BCUT2D eigenvalue weighted by atomic mass is 35.5. The number of aromatic nitrogens is 3. The van der Waals surface area contributed by atoms with E-state index in [-0.39, 0.29) is 24.1 Å². The fourth-order valence-corrected chi connectivity index (χ4v) is 3.74. The molecule has 0 saturated carbocycles. The molecule has 7 nitrogen and oxygen atoms in total. The van der Waals surface area contributed by atoms with E-state index in [0.29, 0.717) is 26.5 Å². The zero-order valence-electron chi connectivity index (χ0n) is 15.1. The second-order valence-corrected chi connectivity index (χ2v) is 7.92. The van der Waals surface area contributed by atoms with Crippen molar-refractivity contribution in [1.82, 2.24) is 19.5 Å². The Hall–Kier alpha value is -2.29. The van der Waals surface area contributed by atoms with E-state index in [0.717, 1.165) is 5.56 Å². The Morgan fingerprint density at radius 2 is 1.93 bits per heavy atom. The van der Waals surface area contributed by atoms with E-state index in [9.17, 15) is 9.59 Å². The fourth-order valence-electron chi connectivity index (χ4n) is 2.38. The smallest absolute Gasteiger partial charge is 0.243 e. The number of halogens is 2. The van der Waals surface area contributed by atoms with Gasteiger partial charge in [-0.1, -0.05) is 52.7 Å². The second-order valence-electron chi connectivity index (χ2n) is 6.14. The van der Waals surface area contributed by atoms with E-state index in [1.165, 1.54) is 16.7 Å². The molecule has 2 aromatic heterocycles. The van der Waals surface area contributed by atoms with Crippen LogP contribution in [0.5, 0.6) is 0 Å². The summed E-state index contributed by atoms with van der Waals surface area (Å²) in [5, 5.41) is 12.1. The first-order valence-electron chi connectivity index (χ1n) is 8.26. The van der Waals surface area contributed by atoms with Crippen molar-refractivity contribution in [2.24, 2.45) is 0 Å². The molecule has 2 heterocycles. The zero-order valence-corrected chi connectivity index (χ0v) is 17.5. The Morgan fingerprint density at radius 3 is 2.64 bits per heavy atom. The number of likely N-dealkylation sites (N-methyl/N-ethyl adjacent to an activating group) is 1. The number of nitrogens with zero attached hydrogens (tertiary/aromatic N) is 4. The van der Waals surface area contributed by atoms with Gasteiger partial charge in [-0.05, 0) is 25.1 Å². The van der Waals surface area contributed by atoms with Gasteiger partial charge in [0.15, 0.2) is 10.8 Å². The minimum absolute atomic E-state index is 0.0501. The van der Waals surface area contributed by atoms with Crippen LogP contribution < -0.4 is 5.32 Å². The molecule has 0 unspecified atom stereocenters. The lowest BCUT2D eigenvalue weighted by Gasteiger charge is -2.16. The third-order valence-corrected chi connectivity index (χ3v) is 5.27. The van der Waals surface area contributed by atoms with Crippen LogP contribution in [0.2, 0.25) is 10.0 Å². The molecular weight excluding hydrogens is 421 g/mol. The molecular formula is C18H17Cl2N5O2S. The summed E-state index contributed by atoms with van der Waals surface area (Å²) in [5.74, 6) is -0.385. The van der Waals surface area contributed by atoms with Gasteiger partial charge in [0.1, 0.15) is 0 Å². The number of nitrogens with one attached hydrogen (secondary N) is 1.